The van der Waals surface area contributed by atoms with E-state index in [0.717, 1.165) is 37.1 Å². The Kier molecular flexibility index (Phi) is 6.77. The molecule has 1 heterocycles. The molecule has 0 bridgehead atoms. The number of aryl methyl sites for hydroxylation is 1. The van der Waals surface area contributed by atoms with Crippen LogP contribution < -0.4 is 0 Å². The zero-order valence-electron chi connectivity index (χ0n) is 15.8. The lowest BCUT2D eigenvalue weighted by Crippen LogP contribution is -2.14. The first-order chi connectivity index (χ1) is 12.8. The van der Waals surface area contributed by atoms with Gasteiger partial charge in [0.1, 0.15) is 5.82 Å². The number of nitrogens with zero attached hydrogens (tertiary/aromatic N) is 3. The van der Waals surface area contributed by atoms with Crippen molar-refractivity contribution in [1.29, 1.82) is 5.26 Å². The van der Waals surface area contributed by atoms with E-state index in [1.54, 1.807) is 0 Å². The summed E-state index contributed by atoms with van der Waals surface area (Å²) in [6.07, 6.45) is 14.3. The van der Waals surface area contributed by atoms with E-state index in [1.165, 1.54) is 43.2 Å². The van der Waals surface area contributed by atoms with Crippen LogP contribution >= 0.6 is 0 Å². The first-order valence-electron chi connectivity index (χ1n) is 10.1. The molecule has 2 aromatic rings. The minimum atomic E-state index is 0.228. The maximum absolute atomic E-state index is 9.02. The lowest BCUT2D eigenvalue weighted by molar-refractivity contribution is 0.372. The highest BCUT2D eigenvalue weighted by Crippen LogP contribution is 2.34. The number of unbranched alkanes of at least 4 members (excludes halogenated alkanes) is 3. The van der Waals surface area contributed by atoms with Crippen molar-refractivity contribution in [2.24, 2.45) is 5.92 Å². The molecule has 3 nitrogen and oxygen atoms in total. The van der Waals surface area contributed by atoms with Crippen LogP contribution in [0.25, 0.3) is 11.1 Å². The number of aromatic nitrogens is 2. The molecule has 1 aromatic heterocycles. The minimum absolute atomic E-state index is 0.228. The lowest BCUT2D eigenvalue weighted by atomic mass is 9.82. The third-order valence-electron chi connectivity index (χ3n) is 5.55. The molecule has 0 atom stereocenters. The molecule has 0 saturated heterocycles. The van der Waals surface area contributed by atoms with Gasteiger partial charge in [0.25, 0.3) is 0 Å². The second kappa shape index (κ2) is 9.48. The van der Waals surface area contributed by atoms with Gasteiger partial charge in [-0.1, -0.05) is 50.5 Å². The van der Waals surface area contributed by atoms with Crippen LogP contribution in [0.2, 0.25) is 0 Å². The van der Waals surface area contributed by atoms with Crippen molar-refractivity contribution in [1.82, 2.24) is 9.97 Å². The highest BCUT2D eigenvalue weighted by molar-refractivity contribution is 5.61. The summed E-state index contributed by atoms with van der Waals surface area (Å²) in [5.74, 6) is 1.59. The second-order valence-corrected chi connectivity index (χ2v) is 7.52. The first kappa shape index (κ1) is 18.6. The van der Waals surface area contributed by atoms with Crippen molar-refractivity contribution >= 4 is 0 Å². The molecular formula is C23H29N3. The third-order valence-corrected chi connectivity index (χ3v) is 5.55. The summed E-state index contributed by atoms with van der Waals surface area (Å²) in [5, 5.41) is 9.02. The van der Waals surface area contributed by atoms with Gasteiger partial charge in [-0.3, -0.25) is 0 Å². The fourth-order valence-electron chi connectivity index (χ4n) is 3.80. The Morgan fingerprint density at radius 1 is 0.923 bits per heavy atom. The fraction of sp³-hybridized carbons (Fsp3) is 0.522. The Hall–Kier alpha value is -2.21. The van der Waals surface area contributed by atoms with Gasteiger partial charge >= 0.3 is 0 Å². The predicted molar refractivity (Wildman–Crippen MR) is 106 cm³/mol. The van der Waals surface area contributed by atoms with Gasteiger partial charge in [0, 0.05) is 29.8 Å². The molecule has 3 heteroatoms. The average molecular weight is 348 g/mol. The fourth-order valence-corrected chi connectivity index (χ4v) is 3.80. The van der Waals surface area contributed by atoms with Crippen molar-refractivity contribution in [3.63, 3.8) is 0 Å². The number of benzene rings is 1. The predicted octanol–water partition coefficient (Wildman–Crippen LogP) is 6.06. The summed E-state index contributed by atoms with van der Waals surface area (Å²) >= 11 is 0. The van der Waals surface area contributed by atoms with Gasteiger partial charge in [0.2, 0.25) is 0 Å². The van der Waals surface area contributed by atoms with Crippen LogP contribution in [0.3, 0.4) is 0 Å². The Morgan fingerprint density at radius 2 is 1.62 bits per heavy atom. The molecule has 3 rings (SSSR count). The standard InChI is InChI=1S/C23H29N3/c1-2-3-4-5-6-18-7-11-20(12-8-18)22-16-25-23(26-17-22)21-13-9-19(15-24)10-14-21/h7-8,11-12,16-17,19,21H,2-6,9-10,13-14H2,1H3. The molecule has 26 heavy (non-hydrogen) atoms. The van der Waals surface area contributed by atoms with Crippen molar-refractivity contribution in [2.45, 2.75) is 70.6 Å². The summed E-state index contributed by atoms with van der Waals surface area (Å²) in [5.41, 5.74) is 3.68. The molecule has 136 valence electrons. The summed E-state index contributed by atoms with van der Waals surface area (Å²) in [6, 6.07) is 11.2. The van der Waals surface area contributed by atoms with Gasteiger partial charge in [0.05, 0.1) is 6.07 Å². The van der Waals surface area contributed by atoms with Crippen LogP contribution in [0.5, 0.6) is 0 Å². The molecule has 0 N–H and O–H groups in total. The summed E-state index contributed by atoms with van der Waals surface area (Å²) < 4.78 is 0. The molecule has 1 saturated carbocycles. The van der Waals surface area contributed by atoms with Gasteiger partial charge < -0.3 is 0 Å². The van der Waals surface area contributed by atoms with E-state index < -0.39 is 0 Å². The van der Waals surface area contributed by atoms with E-state index >= 15 is 0 Å². The maximum atomic E-state index is 9.02. The molecule has 0 amide bonds. The Labute approximate surface area is 157 Å². The van der Waals surface area contributed by atoms with Crippen molar-refractivity contribution < 1.29 is 0 Å². The summed E-state index contributed by atoms with van der Waals surface area (Å²) in [7, 11) is 0. The van der Waals surface area contributed by atoms with Gasteiger partial charge in [0.15, 0.2) is 0 Å². The number of nitriles is 1. The molecule has 1 aromatic carbocycles. The van der Waals surface area contributed by atoms with Gasteiger partial charge in [-0.2, -0.15) is 5.26 Å². The highest BCUT2D eigenvalue weighted by atomic mass is 14.9. The van der Waals surface area contributed by atoms with Crippen molar-refractivity contribution in [3.05, 3.63) is 48.0 Å². The molecule has 1 aliphatic carbocycles. The van der Waals surface area contributed by atoms with E-state index in [4.69, 9.17) is 5.26 Å². The van der Waals surface area contributed by atoms with Crippen molar-refractivity contribution in [2.75, 3.05) is 0 Å². The third kappa shape index (κ3) is 4.91. The first-order valence-corrected chi connectivity index (χ1v) is 10.1. The van der Waals surface area contributed by atoms with Gasteiger partial charge in [-0.05, 0) is 49.7 Å². The second-order valence-electron chi connectivity index (χ2n) is 7.52. The molecule has 0 radical (unpaired) electrons. The highest BCUT2D eigenvalue weighted by Gasteiger charge is 2.23. The number of hydrogen-bond acceptors (Lipinski definition) is 3. The minimum Gasteiger partial charge on any atom is -0.240 e. The monoisotopic (exact) mass is 347 g/mol. The van der Waals surface area contributed by atoms with E-state index in [0.29, 0.717) is 5.92 Å². The van der Waals surface area contributed by atoms with Gasteiger partial charge in [-0.25, -0.2) is 9.97 Å². The Morgan fingerprint density at radius 3 is 2.23 bits per heavy atom. The van der Waals surface area contributed by atoms with E-state index in [2.05, 4.69) is 47.2 Å². The van der Waals surface area contributed by atoms with E-state index in [1.807, 2.05) is 12.4 Å². The molecule has 1 aliphatic rings. The van der Waals surface area contributed by atoms with Crippen LogP contribution in [-0.4, -0.2) is 9.97 Å². The summed E-state index contributed by atoms with van der Waals surface area (Å²) in [4.78, 5) is 9.26. The van der Waals surface area contributed by atoms with Crippen LogP contribution in [-0.2, 0) is 6.42 Å². The number of hydrogen-bond donors (Lipinski definition) is 0. The number of rotatable bonds is 7. The molecule has 0 aliphatic heterocycles. The van der Waals surface area contributed by atoms with Crippen LogP contribution in [0, 0.1) is 17.2 Å². The van der Waals surface area contributed by atoms with Crippen LogP contribution in [0.15, 0.2) is 36.7 Å². The Bertz CT molecular complexity index is 705. The van der Waals surface area contributed by atoms with E-state index in [-0.39, 0.29) is 5.92 Å². The van der Waals surface area contributed by atoms with Gasteiger partial charge in [-0.15, -0.1) is 0 Å². The summed E-state index contributed by atoms with van der Waals surface area (Å²) in [6.45, 7) is 2.25. The van der Waals surface area contributed by atoms with Crippen LogP contribution in [0.1, 0.15) is 75.6 Å². The molecule has 0 unspecified atom stereocenters. The normalized spacial score (nSPS) is 19.8. The molecular weight excluding hydrogens is 318 g/mol. The zero-order valence-corrected chi connectivity index (χ0v) is 15.8. The van der Waals surface area contributed by atoms with Crippen molar-refractivity contribution in [3.8, 4) is 17.2 Å². The largest absolute Gasteiger partial charge is 0.240 e. The maximum Gasteiger partial charge on any atom is 0.131 e. The zero-order chi connectivity index (χ0) is 18.2. The SMILES string of the molecule is CCCCCCc1ccc(-c2cnc(C3CCC(C#N)CC3)nc2)cc1. The smallest absolute Gasteiger partial charge is 0.131 e. The Balaban J connectivity index is 1.57. The quantitative estimate of drug-likeness (QED) is 0.572. The topological polar surface area (TPSA) is 49.6 Å². The van der Waals surface area contributed by atoms with E-state index in [9.17, 15) is 0 Å². The molecule has 0 spiro atoms. The lowest BCUT2D eigenvalue weighted by Gasteiger charge is -2.23. The molecule has 1 fully saturated rings. The van der Waals surface area contributed by atoms with Crippen LogP contribution in [0.4, 0.5) is 0 Å². The average Bonchev–Trinajstić information content (AvgIpc) is 2.72.